The maximum atomic E-state index is 12.7. The average Bonchev–Trinajstić information content (AvgIpc) is 3.71. The number of aliphatic hydroxyl groups is 2. The average molecular weight is 915 g/mol. The van der Waals surface area contributed by atoms with Gasteiger partial charge in [0.25, 0.3) is 0 Å². The van der Waals surface area contributed by atoms with Gasteiger partial charge in [-0.05, 0) is 12.0 Å². The standard InChI is InChI=1S/C30H45N8O17P3S/c1-30(2,24(41)27(42)34-9-8-20(39)33-10-11-59-29(43)18(31)12-17-6-4-3-5-7-17)14-52-58(49,50)55-57(47,48)51-13-19-23(54-56(44,45)46)22(40)28(53-19)38-16-37-21-25(32)35-15-36-26(21)38/h3-7,15-16,18-19,22-24,28,40-41H,8-14,31H2,1-2H3,(H,33,39)(H,34,42)(H,47,48)(H,49,50)(H2,32,35,36)(H2,44,45,46)/t18?,19-,22-,23-,24?,28-/m1/s1. The highest BCUT2D eigenvalue weighted by atomic mass is 32.2. The Kier molecular flexibility index (Phi) is 16.8. The van der Waals surface area contributed by atoms with Gasteiger partial charge < -0.3 is 56.6 Å². The number of hydrogen-bond acceptors (Lipinski definition) is 19. The van der Waals surface area contributed by atoms with Gasteiger partial charge in [0.1, 0.15) is 36.3 Å². The van der Waals surface area contributed by atoms with E-state index in [1.807, 2.05) is 30.3 Å². The number of benzene rings is 1. The Morgan fingerprint density at radius 2 is 1.69 bits per heavy atom. The fraction of sp³-hybridized carbons (Fsp3) is 0.533. The number of thioether (sulfide) groups is 1. The number of imidazole rings is 1. The van der Waals surface area contributed by atoms with Gasteiger partial charge >= 0.3 is 23.5 Å². The second kappa shape index (κ2) is 20.5. The van der Waals surface area contributed by atoms with Crippen molar-refractivity contribution in [1.29, 1.82) is 0 Å². The maximum Gasteiger partial charge on any atom is 0.481 e. The number of ether oxygens (including phenoxy) is 1. The van der Waals surface area contributed by atoms with Crippen LogP contribution in [0.1, 0.15) is 32.1 Å². The van der Waals surface area contributed by atoms with Crippen LogP contribution in [0.4, 0.5) is 5.82 Å². The fourth-order valence-electron chi connectivity index (χ4n) is 5.34. The third-order valence-corrected chi connectivity index (χ3v) is 12.4. The van der Waals surface area contributed by atoms with Crippen LogP contribution in [-0.2, 0) is 57.1 Å². The second-order valence-electron chi connectivity index (χ2n) is 13.5. The Bertz CT molecular complexity index is 2080. The number of nitrogens with one attached hydrogen (secondary N) is 2. The van der Waals surface area contributed by atoms with Crippen LogP contribution in [0.5, 0.6) is 0 Å². The summed E-state index contributed by atoms with van der Waals surface area (Å²) in [6.45, 7) is 0.376. The molecule has 4 rings (SSSR count). The number of phosphoric ester groups is 3. The van der Waals surface area contributed by atoms with Crippen molar-refractivity contribution in [2.75, 3.05) is 37.8 Å². The molecule has 2 amide bonds. The Balaban J connectivity index is 1.20. The molecule has 29 heteroatoms. The molecule has 1 aromatic carbocycles. The summed E-state index contributed by atoms with van der Waals surface area (Å²) < 4.78 is 62.2. The molecule has 0 radical (unpaired) electrons. The zero-order valence-corrected chi connectivity index (χ0v) is 34.8. The zero-order chi connectivity index (χ0) is 43.8. The number of phosphoric acid groups is 3. The Hall–Kier alpha value is -3.26. The number of nitrogens with zero attached hydrogens (tertiary/aromatic N) is 4. The predicted molar refractivity (Wildman–Crippen MR) is 205 cm³/mol. The second-order valence-corrected chi connectivity index (χ2v) is 18.9. The first kappa shape index (κ1) is 48.4. The van der Waals surface area contributed by atoms with Crippen LogP contribution in [-0.4, -0.2) is 129 Å². The molecule has 0 bridgehead atoms. The van der Waals surface area contributed by atoms with E-state index in [1.54, 1.807) is 0 Å². The van der Waals surface area contributed by atoms with Gasteiger partial charge in [0.05, 0.1) is 25.6 Å². The molecule has 328 valence electrons. The van der Waals surface area contributed by atoms with Crippen molar-refractivity contribution in [2.24, 2.45) is 11.1 Å². The van der Waals surface area contributed by atoms with E-state index in [2.05, 4.69) is 34.4 Å². The van der Waals surface area contributed by atoms with E-state index in [4.69, 9.17) is 25.3 Å². The molecule has 8 atom stereocenters. The first-order valence-corrected chi connectivity index (χ1v) is 22.8. The summed E-state index contributed by atoms with van der Waals surface area (Å²) in [6.07, 6.45) is -6.62. The van der Waals surface area contributed by atoms with Gasteiger partial charge in [-0.15, -0.1) is 0 Å². The molecule has 1 fully saturated rings. The van der Waals surface area contributed by atoms with E-state index in [9.17, 15) is 57.9 Å². The quantitative estimate of drug-likeness (QED) is 0.0437. The van der Waals surface area contributed by atoms with E-state index in [1.165, 1.54) is 13.8 Å². The van der Waals surface area contributed by atoms with Crippen LogP contribution in [0.3, 0.4) is 0 Å². The largest absolute Gasteiger partial charge is 0.481 e. The number of rotatable bonds is 22. The maximum absolute atomic E-state index is 12.7. The molecule has 0 aliphatic carbocycles. The molecule has 1 aliphatic rings. The summed E-state index contributed by atoms with van der Waals surface area (Å²) in [5.41, 5.74) is 11.1. The molecular formula is C30H45N8O17P3S. The third-order valence-electron chi connectivity index (χ3n) is 8.35. The van der Waals surface area contributed by atoms with Crippen molar-refractivity contribution in [2.45, 2.75) is 63.4 Å². The molecule has 59 heavy (non-hydrogen) atoms. The van der Waals surface area contributed by atoms with Crippen LogP contribution in [0.15, 0.2) is 43.0 Å². The lowest BCUT2D eigenvalue weighted by Gasteiger charge is -2.30. The van der Waals surface area contributed by atoms with E-state index in [0.717, 1.165) is 34.5 Å². The minimum atomic E-state index is -5.58. The number of nitrogens with two attached hydrogens (primary N) is 2. The molecule has 3 heterocycles. The van der Waals surface area contributed by atoms with Gasteiger partial charge in [0, 0.05) is 30.7 Å². The number of fused-ring (bicyclic) bond motifs is 1. The monoisotopic (exact) mass is 914 g/mol. The molecule has 12 N–H and O–H groups in total. The summed E-state index contributed by atoms with van der Waals surface area (Å²) >= 11 is 0.973. The number of hydrogen-bond donors (Lipinski definition) is 10. The molecule has 4 unspecified atom stereocenters. The van der Waals surface area contributed by atoms with Crippen LogP contribution in [0.25, 0.3) is 11.2 Å². The highest BCUT2D eigenvalue weighted by Crippen LogP contribution is 2.61. The lowest BCUT2D eigenvalue weighted by atomic mass is 9.87. The Morgan fingerprint density at radius 1 is 1.02 bits per heavy atom. The van der Waals surface area contributed by atoms with Crippen molar-refractivity contribution < 1.29 is 80.5 Å². The number of amides is 2. The van der Waals surface area contributed by atoms with Crippen LogP contribution < -0.4 is 22.1 Å². The van der Waals surface area contributed by atoms with Gasteiger partial charge in [-0.1, -0.05) is 55.9 Å². The molecular weight excluding hydrogens is 869 g/mol. The summed E-state index contributed by atoms with van der Waals surface area (Å²) in [6, 6.07) is 8.54. The SMILES string of the molecule is CC(C)(COP(=O)(O)OP(=O)(O)OC[C@H]1O[C@@H](n2cnc3c(N)ncnc32)[C@H](O)[C@@H]1OP(=O)(O)O)C(O)C(=O)NCCC(=O)NCCSC(=O)C(N)Cc1ccccc1. The minimum Gasteiger partial charge on any atom is -0.386 e. The van der Waals surface area contributed by atoms with E-state index in [-0.39, 0.29) is 47.4 Å². The minimum absolute atomic E-state index is 0.0268. The predicted octanol–water partition coefficient (Wildman–Crippen LogP) is -0.765. The highest BCUT2D eigenvalue weighted by Gasteiger charge is 2.50. The van der Waals surface area contributed by atoms with Crippen molar-refractivity contribution in [1.82, 2.24) is 30.2 Å². The Morgan fingerprint density at radius 3 is 2.37 bits per heavy atom. The topological polar surface area (TPSA) is 390 Å². The van der Waals surface area contributed by atoms with Gasteiger partial charge in [-0.25, -0.2) is 28.6 Å². The summed E-state index contributed by atoms with van der Waals surface area (Å²) in [5, 5.41) is 26.2. The van der Waals surface area contributed by atoms with Crippen molar-refractivity contribution in [3.05, 3.63) is 48.5 Å². The van der Waals surface area contributed by atoms with Gasteiger partial charge in [-0.2, -0.15) is 4.31 Å². The van der Waals surface area contributed by atoms with Crippen molar-refractivity contribution in [3.8, 4) is 0 Å². The summed E-state index contributed by atoms with van der Waals surface area (Å²) in [5.74, 6) is -1.25. The van der Waals surface area contributed by atoms with Gasteiger partial charge in [0.15, 0.2) is 17.7 Å². The number of carbonyl (C=O) groups excluding carboxylic acids is 3. The first-order chi connectivity index (χ1) is 27.5. The van der Waals surface area contributed by atoms with E-state index >= 15 is 0 Å². The molecule has 2 aromatic heterocycles. The van der Waals surface area contributed by atoms with Gasteiger partial charge in [-0.3, -0.25) is 32.5 Å². The zero-order valence-electron chi connectivity index (χ0n) is 31.3. The number of carbonyl (C=O) groups is 3. The van der Waals surface area contributed by atoms with Crippen molar-refractivity contribution >= 4 is 69.1 Å². The molecule has 3 aromatic rings. The molecule has 25 nitrogen and oxygen atoms in total. The Labute approximate surface area is 340 Å². The smallest absolute Gasteiger partial charge is 0.386 e. The normalized spacial score (nSPS) is 21.6. The summed E-state index contributed by atoms with van der Waals surface area (Å²) in [7, 11) is -16.4. The first-order valence-electron chi connectivity index (χ1n) is 17.3. The van der Waals surface area contributed by atoms with Gasteiger partial charge in [0.2, 0.25) is 16.9 Å². The number of aliphatic hydroxyl groups excluding tert-OH is 2. The lowest BCUT2D eigenvalue weighted by molar-refractivity contribution is -0.137. The van der Waals surface area contributed by atoms with E-state index in [0.29, 0.717) is 6.42 Å². The molecule has 0 saturated carbocycles. The summed E-state index contributed by atoms with van der Waals surface area (Å²) in [4.78, 5) is 88.1. The van der Waals surface area contributed by atoms with Crippen LogP contribution >= 0.6 is 35.2 Å². The molecule has 1 aliphatic heterocycles. The van der Waals surface area contributed by atoms with Crippen LogP contribution in [0, 0.1) is 5.41 Å². The number of aromatic nitrogens is 4. The fourth-order valence-corrected chi connectivity index (χ4v) is 8.87. The molecule has 0 spiro atoms. The number of nitrogen functional groups attached to an aromatic ring is 1. The van der Waals surface area contributed by atoms with Crippen molar-refractivity contribution in [3.63, 3.8) is 0 Å². The number of anilines is 1. The molecule has 1 saturated heterocycles. The van der Waals surface area contributed by atoms with E-state index < -0.39 is 90.6 Å². The van der Waals surface area contributed by atoms with Crippen LogP contribution in [0.2, 0.25) is 0 Å². The highest BCUT2D eigenvalue weighted by molar-refractivity contribution is 8.13. The lowest BCUT2D eigenvalue weighted by Crippen LogP contribution is -2.46. The third kappa shape index (κ3) is 14.4.